The normalized spacial score (nSPS) is 18.3. The van der Waals surface area contributed by atoms with Gasteiger partial charge in [0.25, 0.3) is 0 Å². The maximum Gasteiger partial charge on any atom is 0.0386 e. The zero-order chi connectivity index (χ0) is 10.5. The maximum atomic E-state index is 5.81. The Morgan fingerprint density at radius 1 is 0.933 bits per heavy atom. The molecule has 0 aromatic heterocycles. The van der Waals surface area contributed by atoms with Crippen molar-refractivity contribution in [1.29, 1.82) is 0 Å². The molecule has 1 fully saturated rings. The molecule has 0 bridgehead atoms. The minimum atomic E-state index is 0.870. The highest BCUT2D eigenvalue weighted by atomic mass is 15.1. The summed E-state index contributed by atoms with van der Waals surface area (Å²) >= 11 is 0. The minimum Gasteiger partial charge on any atom is -0.399 e. The van der Waals surface area contributed by atoms with Gasteiger partial charge >= 0.3 is 0 Å². The van der Waals surface area contributed by atoms with Gasteiger partial charge in [-0.25, -0.2) is 0 Å². The third-order valence-corrected chi connectivity index (χ3v) is 3.09. The lowest BCUT2D eigenvalue weighted by molar-refractivity contribution is 0.556. The summed E-state index contributed by atoms with van der Waals surface area (Å²) in [6, 6.07) is 8.25. The Morgan fingerprint density at radius 2 is 1.60 bits per heavy atom. The first-order valence-electron chi connectivity index (χ1n) is 5.97. The summed E-state index contributed by atoms with van der Waals surface area (Å²) in [5, 5.41) is 0. The Kier molecular flexibility index (Phi) is 3.49. The second kappa shape index (κ2) is 5.06. The summed E-state index contributed by atoms with van der Waals surface area (Å²) in [6.45, 7) is 2.37. The Labute approximate surface area is 92.1 Å². The highest BCUT2D eigenvalue weighted by molar-refractivity contribution is 5.55. The number of rotatable bonds is 1. The molecule has 2 N–H and O–H groups in total. The topological polar surface area (TPSA) is 29.3 Å². The minimum absolute atomic E-state index is 0.870. The van der Waals surface area contributed by atoms with Crippen LogP contribution in [-0.4, -0.2) is 13.1 Å². The molecule has 2 heteroatoms. The number of benzene rings is 1. The zero-order valence-electron chi connectivity index (χ0n) is 9.28. The SMILES string of the molecule is Nc1cccc(N2CCCCCCC2)c1. The Morgan fingerprint density at radius 3 is 2.27 bits per heavy atom. The fourth-order valence-corrected chi connectivity index (χ4v) is 2.23. The van der Waals surface area contributed by atoms with Gasteiger partial charge in [-0.05, 0) is 31.0 Å². The largest absolute Gasteiger partial charge is 0.399 e. The van der Waals surface area contributed by atoms with Gasteiger partial charge in [0.05, 0.1) is 0 Å². The fraction of sp³-hybridized carbons (Fsp3) is 0.538. The fourth-order valence-electron chi connectivity index (χ4n) is 2.23. The molecule has 0 spiro atoms. The molecular weight excluding hydrogens is 184 g/mol. The Hall–Kier alpha value is -1.18. The predicted molar refractivity (Wildman–Crippen MR) is 66.2 cm³/mol. The van der Waals surface area contributed by atoms with Crippen LogP contribution in [0.2, 0.25) is 0 Å². The van der Waals surface area contributed by atoms with Gasteiger partial charge in [0, 0.05) is 24.5 Å². The highest BCUT2D eigenvalue weighted by Gasteiger charge is 2.08. The first-order chi connectivity index (χ1) is 7.36. The van der Waals surface area contributed by atoms with Crippen LogP contribution in [0.25, 0.3) is 0 Å². The van der Waals surface area contributed by atoms with Crippen molar-refractivity contribution in [3.05, 3.63) is 24.3 Å². The van der Waals surface area contributed by atoms with E-state index in [1.165, 1.54) is 50.9 Å². The lowest BCUT2D eigenvalue weighted by Crippen LogP contribution is -2.26. The number of hydrogen-bond donors (Lipinski definition) is 1. The maximum absolute atomic E-state index is 5.81. The molecule has 82 valence electrons. The first-order valence-corrected chi connectivity index (χ1v) is 5.97. The molecule has 0 radical (unpaired) electrons. The van der Waals surface area contributed by atoms with E-state index in [4.69, 9.17) is 5.73 Å². The van der Waals surface area contributed by atoms with Crippen molar-refractivity contribution in [3.63, 3.8) is 0 Å². The van der Waals surface area contributed by atoms with Crippen LogP contribution in [0.15, 0.2) is 24.3 Å². The summed E-state index contributed by atoms with van der Waals surface area (Å²) in [5.41, 5.74) is 7.97. The molecule has 1 heterocycles. The van der Waals surface area contributed by atoms with E-state index in [0.717, 1.165) is 5.69 Å². The summed E-state index contributed by atoms with van der Waals surface area (Å²) in [7, 11) is 0. The molecule has 2 rings (SSSR count). The second-order valence-corrected chi connectivity index (χ2v) is 4.35. The predicted octanol–water partition coefficient (Wildman–Crippen LogP) is 3.04. The average Bonchev–Trinajstić information content (AvgIpc) is 2.16. The van der Waals surface area contributed by atoms with Crippen molar-refractivity contribution >= 4 is 11.4 Å². The van der Waals surface area contributed by atoms with Crippen molar-refractivity contribution in [2.45, 2.75) is 32.1 Å². The van der Waals surface area contributed by atoms with Crippen LogP contribution in [0.5, 0.6) is 0 Å². The van der Waals surface area contributed by atoms with E-state index >= 15 is 0 Å². The molecule has 1 aromatic carbocycles. The van der Waals surface area contributed by atoms with Crippen LogP contribution in [0, 0.1) is 0 Å². The highest BCUT2D eigenvalue weighted by Crippen LogP contribution is 2.20. The van der Waals surface area contributed by atoms with Gasteiger partial charge in [0.1, 0.15) is 0 Å². The number of nitrogen functional groups attached to an aromatic ring is 1. The van der Waals surface area contributed by atoms with Crippen LogP contribution < -0.4 is 10.6 Å². The quantitative estimate of drug-likeness (QED) is 0.712. The Bertz CT molecular complexity index is 301. The van der Waals surface area contributed by atoms with Crippen molar-refractivity contribution < 1.29 is 0 Å². The first kappa shape index (κ1) is 10.3. The second-order valence-electron chi connectivity index (χ2n) is 4.35. The molecule has 1 aliphatic rings. The van der Waals surface area contributed by atoms with Crippen LogP contribution >= 0.6 is 0 Å². The van der Waals surface area contributed by atoms with Crippen LogP contribution in [0.1, 0.15) is 32.1 Å². The molecule has 0 saturated carbocycles. The van der Waals surface area contributed by atoms with Crippen LogP contribution in [0.4, 0.5) is 11.4 Å². The standard InChI is InChI=1S/C13H20N2/c14-12-7-6-8-13(11-12)15-9-4-2-1-3-5-10-15/h6-8,11H,1-5,9-10,14H2. The third kappa shape index (κ3) is 2.88. The van der Waals surface area contributed by atoms with Gasteiger partial charge in [0.15, 0.2) is 0 Å². The van der Waals surface area contributed by atoms with Gasteiger partial charge in [-0.1, -0.05) is 25.3 Å². The van der Waals surface area contributed by atoms with Gasteiger partial charge in [0.2, 0.25) is 0 Å². The van der Waals surface area contributed by atoms with Crippen molar-refractivity contribution in [1.82, 2.24) is 0 Å². The third-order valence-electron chi connectivity index (χ3n) is 3.09. The molecule has 1 aliphatic heterocycles. The molecule has 0 unspecified atom stereocenters. The van der Waals surface area contributed by atoms with E-state index in [-0.39, 0.29) is 0 Å². The number of nitrogens with two attached hydrogens (primary N) is 1. The molecule has 15 heavy (non-hydrogen) atoms. The van der Waals surface area contributed by atoms with Crippen LogP contribution in [0.3, 0.4) is 0 Å². The van der Waals surface area contributed by atoms with Crippen molar-refractivity contribution in [2.24, 2.45) is 0 Å². The zero-order valence-corrected chi connectivity index (χ0v) is 9.28. The van der Waals surface area contributed by atoms with Gasteiger partial charge in [-0.3, -0.25) is 0 Å². The smallest absolute Gasteiger partial charge is 0.0386 e. The lowest BCUT2D eigenvalue weighted by atomic mass is 10.1. The van der Waals surface area contributed by atoms with E-state index in [1.54, 1.807) is 0 Å². The lowest BCUT2D eigenvalue weighted by Gasteiger charge is -2.27. The van der Waals surface area contributed by atoms with E-state index < -0.39 is 0 Å². The van der Waals surface area contributed by atoms with Gasteiger partial charge < -0.3 is 10.6 Å². The van der Waals surface area contributed by atoms with E-state index in [2.05, 4.69) is 17.0 Å². The molecule has 0 aliphatic carbocycles. The molecular formula is C13H20N2. The van der Waals surface area contributed by atoms with E-state index in [1.807, 2.05) is 12.1 Å². The average molecular weight is 204 g/mol. The summed E-state index contributed by atoms with van der Waals surface area (Å²) in [4.78, 5) is 2.47. The number of hydrogen-bond acceptors (Lipinski definition) is 2. The molecule has 1 aromatic rings. The summed E-state index contributed by atoms with van der Waals surface area (Å²) in [6.07, 6.45) is 6.78. The number of nitrogens with zero attached hydrogens (tertiary/aromatic N) is 1. The molecule has 0 amide bonds. The van der Waals surface area contributed by atoms with Crippen molar-refractivity contribution in [2.75, 3.05) is 23.7 Å². The van der Waals surface area contributed by atoms with Crippen molar-refractivity contribution in [3.8, 4) is 0 Å². The van der Waals surface area contributed by atoms with Gasteiger partial charge in [-0.2, -0.15) is 0 Å². The van der Waals surface area contributed by atoms with Gasteiger partial charge in [-0.15, -0.1) is 0 Å². The molecule has 1 saturated heterocycles. The summed E-state index contributed by atoms with van der Waals surface area (Å²) in [5.74, 6) is 0. The van der Waals surface area contributed by atoms with E-state index in [0.29, 0.717) is 0 Å². The molecule has 0 atom stereocenters. The summed E-state index contributed by atoms with van der Waals surface area (Å²) < 4.78 is 0. The Balaban J connectivity index is 2.06. The monoisotopic (exact) mass is 204 g/mol. The molecule has 2 nitrogen and oxygen atoms in total. The van der Waals surface area contributed by atoms with E-state index in [9.17, 15) is 0 Å². The number of anilines is 2. The van der Waals surface area contributed by atoms with Crippen LogP contribution in [-0.2, 0) is 0 Å².